The predicted molar refractivity (Wildman–Crippen MR) is 85.7 cm³/mol. The van der Waals surface area contributed by atoms with E-state index in [9.17, 15) is 4.79 Å². The SMILES string of the molecule is O=C(N/N=C/C#Cc1ccccc1)c1ccc(Cl)cc1Cl. The quantitative estimate of drug-likeness (QED) is 0.511. The topological polar surface area (TPSA) is 41.5 Å². The van der Waals surface area contributed by atoms with Gasteiger partial charge in [0.15, 0.2) is 0 Å². The van der Waals surface area contributed by atoms with Crippen LogP contribution in [0.4, 0.5) is 0 Å². The fourth-order valence-electron chi connectivity index (χ4n) is 1.49. The van der Waals surface area contributed by atoms with E-state index in [1.807, 2.05) is 30.3 Å². The number of hydrogen-bond donors (Lipinski definition) is 1. The number of carbonyl (C=O) groups excluding carboxylic acids is 1. The molecule has 0 aliphatic carbocycles. The molecule has 0 aliphatic rings. The van der Waals surface area contributed by atoms with Crippen molar-refractivity contribution in [2.75, 3.05) is 0 Å². The Morgan fingerprint density at radius 1 is 1.14 bits per heavy atom. The van der Waals surface area contributed by atoms with Gasteiger partial charge in [-0.25, -0.2) is 5.43 Å². The predicted octanol–water partition coefficient (Wildman–Crippen LogP) is 3.76. The van der Waals surface area contributed by atoms with Gasteiger partial charge in [-0.15, -0.1) is 0 Å². The van der Waals surface area contributed by atoms with Crippen LogP contribution in [0.2, 0.25) is 10.0 Å². The van der Waals surface area contributed by atoms with Crippen LogP contribution in [0.5, 0.6) is 0 Å². The molecule has 0 aliphatic heterocycles. The van der Waals surface area contributed by atoms with Gasteiger partial charge in [-0.2, -0.15) is 5.10 Å². The lowest BCUT2D eigenvalue weighted by Gasteiger charge is -2.02. The number of nitrogens with zero attached hydrogens (tertiary/aromatic N) is 1. The van der Waals surface area contributed by atoms with Crippen LogP contribution >= 0.6 is 23.2 Å². The molecule has 0 heterocycles. The van der Waals surface area contributed by atoms with Crippen LogP contribution in [0.1, 0.15) is 15.9 Å². The van der Waals surface area contributed by atoms with E-state index in [0.717, 1.165) is 5.56 Å². The second-order valence-electron chi connectivity index (χ2n) is 3.96. The summed E-state index contributed by atoms with van der Waals surface area (Å²) in [5.74, 6) is 5.18. The largest absolute Gasteiger partial charge is 0.272 e. The van der Waals surface area contributed by atoms with Crippen molar-refractivity contribution in [1.29, 1.82) is 0 Å². The maximum Gasteiger partial charge on any atom is 0.272 e. The van der Waals surface area contributed by atoms with Gasteiger partial charge < -0.3 is 0 Å². The molecule has 0 radical (unpaired) electrons. The molecule has 2 aromatic rings. The van der Waals surface area contributed by atoms with Gasteiger partial charge in [0, 0.05) is 10.6 Å². The molecule has 0 bridgehead atoms. The summed E-state index contributed by atoms with van der Waals surface area (Å²) >= 11 is 11.7. The molecule has 104 valence electrons. The Morgan fingerprint density at radius 2 is 1.90 bits per heavy atom. The summed E-state index contributed by atoms with van der Waals surface area (Å²) in [7, 11) is 0. The smallest absolute Gasteiger partial charge is 0.267 e. The van der Waals surface area contributed by atoms with Gasteiger partial charge >= 0.3 is 0 Å². The first-order valence-corrected chi connectivity index (χ1v) is 6.76. The van der Waals surface area contributed by atoms with Crippen molar-refractivity contribution in [3.05, 3.63) is 69.7 Å². The van der Waals surface area contributed by atoms with Crippen LogP contribution in [-0.4, -0.2) is 12.1 Å². The van der Waals surface area contributed by atoms with Crippen LogP contribution in [0, 0.1) is 11.8 Å². The number of rotatable bonds is 2. The van der Waals surface area contributed by atoms with Crippen molar-refractivity contribution in [3.63, 3.8) is 0 Å². The molecule has 0 atom stereocenters. The lowest BCUT2D eigenvalue weighted by molar-refractivity contribution is 0.0955. The molecule has 0 aromatic heterocycles. The van der Waals surface area contributed by atoms with Crippen LogP contribution in [0.25, 0.3) is 0 Å². The lowest BCUT2D eigenvalue weighted by Crippen LogP contribution is -2.17. The van der Waals surface area contributed by atoms with Gasteiger partial charge in [0.05, 0.1) is 16.8 Å². The van der Waals surface area contributed by atoms with Crippen molar-refractivity contribution >= 4 is 35.3 Å². The molecule has 0 saturated carbocycles. The van der Waals surface area contributed by atoms with Crippen LogP contribution < -0.4 is 5.43 Å². The summed E-state index contributed by atoms with van der Waals surface area (Å²) < 4.78 is 0. The monoisotopic (exact) mass is 316 g/mol. The van der Waals surface area contributed by atoms with Crippen LogP contribution in [0.3, 0.4) is 0 Å². The highest BCUT2D eigenvalue weighted by molar-refractivity contribution is 6.36. The van der Waals surface area contributed by atoms with Gasteiger partial charge in [-0.3, -0.25) is 4.79 Å². The number of benzene rings is 2. The Hall–Kier alpha value is -2.28. The molecule has 3 nitrogen and oxygen atoms in total. The van der Waals surface area contributed by atoms with Gasteiger partial charge in [-0.1, -0.05) is 47.3 Å². The minimum Gasteiger partial charge on any atom is -0.267 e. The van der Waals surface area contributed by atoms with Crippen molar-refractivity contribution in [2.45, 2.75) is 0 Å². The van der Waals surface area contributed by atoms with Gasteiger partial charge in [0.2, 0.25) is 0 Å². The van der Waals surface area contributed by atoms with E-state index in [0.29, 0.717) is 10.6 Å². The number of nitrogens with one attached hydrogen (secondary N) is 1. The molecule has 2 aromatic carbocycles. The number of carbonyl (C=O) groups is 1. The molecule has 1 amide bonds. The van der Waals surface area contributed by atoms with Crippen molar-refractivity contribution in [2.24, 2.45) is 5.10 Å². The Balaban J connectivity index is 1.95. The fourth-order valence-corrected chi connectivity index (χ4v) is 1.99. The maximum atomic E-state index is 11.8. The number of halogens is 2. The highest BCUT2D eigenvalue weighted by atomic mass is 35.5. The zero-order valence-corrected chi connectivity index (χ0v) is 12.3. The first-order valence-electron chi connectivity index (χ1n) is 6.00. The van der Waals surface area contributed by atoms with E-state index in [2.05, 4.69) is 22.4 Å². The molecule has 0 fully saturated rings. The van der Waals surface area contributed by atoms with Gasteiger partial charge in [0.1, 0.15) is 0 Å². The van der Waals surface area contributed by atoms with E-state index in [1.54, 1.807) is 6.07 Å². The minimum atomic E-state index is -0.422. The summed E-state index contributed by atoms with van der Waals surface area (Å²) in [5.41, 5.74) is 3.52. The van der Waals surface area contributed by atoms with Crippen molar-refractivity contribution < 1.29 is 4.79 Å². The number of hydrogen-bond acceptors (Lipinski definition) is 2. The zero-order valence-electron chi connectivity index (χ0n) is 10.8. The Morgan fingerprint density at radius 3 is 2.62 bits per heavy atom. The highest BCUT2D eigenvalue weighted by Crippen LogP contribution is 2.20. The first kappa shape index (κ1) is 15.1. The third kappa shape index (κ3) is 4.64. The summed E-state index contributed by atoms with van der Waals surface area (Å²) in [6.07, 6.45) is 1.31. The van der Waals surface area contributed by atoms with Crippen LogP contribution in [-0.2, 0) is 0 Å². The average Bonchev–Trinajstić information content (AvgIpc) is 2.47. The second-order valence-corrected chi connectivity index (χ2v) is 4.80. The third-order valence-electron chi connectivity index (χ3n) is 2.46. The molecule has 0 saturated heterocycles. The molecular weight excluding hydrogens is 307 g/mol. The first-order chi connectivity index (χ1) is 10.2. The van der Waals surface area contributed by atoms with E-state index < -0.39 is 5.91 Å². The molecule has 0 spiro atoms. The molecule has 2 rings (SSSR count). The summed E-state index contributed by atoms with van der Waals surface area (Å²) in [6, 6.07) is 14.1. The highest BCUT2D eigenvalue weighted by Gasteiger charge is 2.09. The maximum absolute atomic E-state index is 11.8. The van der Waals surface area contributed by atoms with Crippen LogP contribution in [0.15, 0.2) is 53.6 Å². The standard InChI is InChI=1S/C16H10Cl2N2O/c17-13-8-9-14(15(18)11-13)16(21)20-19-10-4-7-12-5-2-1-3-6-12/h1-3,5-6,8-11H,(H,20,21)/b19-10+. The van der Waals surface area contributed by atoms with Gasteiger partial charge in [0.25, 0.3) is 5.91 Å². The Kier molecular flexibility index (Phi) is 5.39. The van der Waals surface area contributed by atoms with E-state index in [4.69, 9.17) is 23.2 Å². The third-order valence-corrected chi connectivity index (χ3v) is 3.01. The normalized spacial score (nSPS) is 10.0. The zero-order chi connectivity index (χ0) is 15.1. The Labute approximate surface area is 132 Å². The lowest BCUT2D eigenvalue weighted by atomic mass is 10.2. The Bertz CT molecular complexity index is 731. The second kappa shape index (κ2) is 7.49. The van der Waals surface area contributed by atoms with E-state index in [1.165, 1.54) is 18.3 Å². The number of hydrazone groups is 1. The van der Waals surface area contributed by atoms with Crippen molar-refractivity contribution in [1.82, 2.24) is 5.43 Å². The fraction of sp³-hybridized carbons (Fsp3) is 0. The molecule has 0 unspecified atom stereocenters. The molecule has 1 N–H and O–H groups in total. The van der Waals surface area contributed by atoms with E-state index >= 15 is 0 Å². The summed E-state index contributed by atoms with van der Waals surface area (Å²) in [5, 5.41) is 4.47. The van der Waals surface area contributed by atoms with Crippen molar-refractivity contribution in [3.8, 4) is 11.8 Å². The number of amides is 1. The molecular formula is C16H10Cl2N2O. The minimum absolute atomic E-state index is 0.269. The average molecular weight is 317 g/mol. The van der Waals surface area contributed by atoms with Gasteiger partial charge in [-0.05, 0) is 36.3 Å². The molecule has 21 heavy (non-hydrogen) atoms. The summed E-state index contributed by atoms with van der Waals surface area (Å²) in [6.45, 7) is 0. The summed E-state index contributed by atoms with van der Waals surface area (Å²) in [4.78, 5) is 11.8. The molecule has 5 heteroatoms. The van der Waals surface area contributed by atoms with E-state index in [-0.39, 0.29) is 5.02 Å².